The van der Waals surface area contributed by atoms with Crippen LogP contribution in [0.15, 0.2) is 0 Å². The monoisotopic (exact) mass is 233 g/mol. The summed E-state index contributed by atoms with van der Waals surface area (Å²) in [6, 6.07) is -0.798. The SMILES string of the molecule is CC(=O)N[C@@H](CSC1CCOC1)C(=O)O. The van der Waals surface area contributed by atoms with E-state index in [1.807, 2.05) is 0 Å². The zero-order chi connectivity index (χ0) is 11.3. The van der Waals surface area contributed by atoms with Crippen LogP contribution in [0.25, 0.3) is 0 Å². The normalized spacial score (nSPS) is 22.3. The number of ether oxygens (including phenoxy) is 1. The van der Waals surface area contributed by atoms with Gasteiger partial charge in [-0.1, -0.05) is 0 Å². The van der Waals surface area contributed by atoms with Crippen molar-refractivity contribution in [3.8, 4) is 0 Å². The maximum Gasteiger partial charge on any atom is 0.327 e. The van der Waals surface area contributed by atoms with Crippen molar-refractivity contribution >= 4 is 23.6 Å². The first-order valence-corrected chi connectivity index (χ1v) is 5.83. The fraction of sp³-hybridized carbons (Fsp3) is 0.778. The number of amides is 1. The fourth-order valence-corrected chi connectivity index (χ4v) is 2.44. The fourth-order valence-electron chi connectivity index (χ4n) is 1.30. The molecule has 1 amide bonds. The Morgan fingerprint density at radius 1 is 1.67 bits per heavy atom. The molecule has 15 heavy (non-hydrogen) atoms. The zero-order valence-electron chi connectivity index (χ0n) is 8.56. The first-order valence-electron chi connectivity index (χ1n) is 4.79. The van der Waals surface area contributed by atoms with E-state index in [9.17, 15) is 9.59 Å². The quantitative estimate of drug-likeness (QED) is 0.704. The Morgan fingerprint density at radius 3 is 2.87 bits per heavy atom. The Morgan fingerprint density at radius 2 is 2.40 bits per heavy atom. The summed E-state index contributed by atoms with van der Waals surface area (Å²) in [4.78, 5) is 21.5. The predicted molar refractivity (Wildman–Crippen MR) is 56.9 cm³/mol. The molecule has 0 aromatic heterocycles. The number of rotatable bonds is 5. The topological polar surface area (TPSA) is 75.6 Å². The van der Waals surface area contributed by atoms with E-state index >= 15 is 0 Å². The van der Waals surface area contributed by atoms with Gasteiger partial charge in [0.2, 0.25) is 5.91 Å². The largest absolute Gasteiger partial charge is 0.480 e. The van der Waals surface area contributed by atoms with Crippen molar-refractivity contribution in [2.75, 3.05) is 19.0 Å². The highest BCUT2D eigenvalue weighted by atomic mass is 32.2. The number of carbonyl (C=O) groups excluding carboxylic acids is 1. The van der Waals surface area contributed by atoms with Gasteiger partial charge in [-0.3, -0.25) is 4.79 Å². The van der Waals surface area contributed by atoms with E-state index in [1.165, 1.54) is 6.92 Å². The van der Waals surface area contributed by atoms with Gasteiger partial charge in [0.25, 0.3) is 0 Å². The van der Waals surface area contributed by atoms with Crippen molar-refractivity contribution in [1.29, 1.82) is 0 Å². The van der Waals surface area contributed by atoms with Crippen molar-refractivity contribution in [3.63, 3.8) is 0 Å². The zero-order valence-corrected chi connectivity index (χ0v) is 9.38. The molecule has 5 nitrogen and oxygen atoms in total. The summed E-state index contributed by atoms with van der Waals surface area (Å²) in [7, 11) is 0. The lowest BCUT2D eigenvalue weighted by atomic mass is 10.3. The van der Waals surface area contributed by atoms with Crippen LogP contribution >= 0.6 is 11.8 Å². The van der Waals surface area contributed by atoms with Gasteiger partial charge in [-0.2, -0.15) is 11.8 Å². The molecule has 2 N–H and O–H groups in total. The maximum absolute atomic E-state index is 10.8. The Bertz CT molecular complexity index is 240. The molecule has 1 aliphatic rings. The second kappa shape index (κ2) is 5.97. The van der Waals surface area contributed by atoms with E-state index in [0.29, 0.717) is 17.6 Å². The van der Waals surface area contributed by atoms with Gasteiger partial charge in [0.15, 0.2) is 0 Å². The smallest absolute Gasteiger partial charge is 0.327 e. The van der Waals surface area contributed by atoms with Crippen LogP contribution < -0.4 is 5.32 Å². The number of aliphatic carboxylic acids is 1. The molecule has 0 saturated carbocycles. The van der Waals surface area contributed by atoms with Crippen LogP contribution in [0.1, 0.15) is 13.3 Å². The summed E-state index contributed by atoms with van der Waals surface area (Å²) >= 11 is 1.54. The lowest BCUT2D eigenvalue weighted by Gasteiger charge is -2.14. The van der Waals surface area contributed by atoms with Crippen LogP contribution in [-0.4, -0.2) is 47.2 Å². The van der Waals surface area contributed by atoms with Crippen LogP contribution in [0.2, 0.25) is 0 Å². The summed E-state index contributed by atoms with van der Waals surface area (Å²) in [6.07, 6.45) is 0.955. The minimum atomic E-state index is -0.989. The first-order chi connectivity index (χ1) is 7.09. The van der Waals surface area contributed by atoms with Crippen LogP contribution in [0.4, 0.5) is 0 Å². The molecule has 1 fully saturated rings. The van der Waals surface area contributed by atoms with Gasteiger partial charge >= 0.3 is 5.97 Å². The Kier molecular flexibility index (Phi) is 4.90. The minimum Gasteiger partial charge on any atom is -0.480 e. The molecule has 86 valence electrons. The number of carboxylic acid groups (broad SMARTS) is 1. The number of hydrogen-bond donors (Lipinski definition) is 2. The number of carbonyl (C=O) groups is 2. The molecule has 0 spiro atoms. The summed E-state index contributed by atoms with van der Waals surface area (Å²) in [6.45, 7) is 2.74. The second-order valence-electron chi connectivity index (χ2n) is 3.41. The molecule has 1 heterocycles. The van der Waals surface area contributed by atoms with Gasteiger partial charge < -0.3 is 15.2 Å². The molecule has 0 aliphatic carbocycles. The van der Waals surface area contributed by atoms with Crippen molar-refractivity contribution in [3.05, 3.63) is 0 Å². The Balaban J connectivity index is 2.30. The molecule has 1 rings (SSSR count). The molecule has 0 bridgehead atoms. The summed E-state index contributed by atoms with van der Waals surface area (Å²) in [5.41, 5.74) is 0. The number of hydrogen-bond acceptors (Lipinski definition) is 4. The number of carboxylic acids is 1. The highest BCUT2D eigenvalue weighted by molar-refractivity contribution is 8.00. The Labute approximate surface area is 92.6 Å². The highest BCUT2D eigenvalue weighted by Gasteiger charge is 2.22. The molecular weight excluding hydrogens is 218 g/mol. The van der Waals surface area contributed by atoms with Crippen LogP contribution in [-0.2, 0) is 14.3 Å². The van der Waals surface area contributed by atoms with E-state index in [0.717, 1.165) is 13.0 Å². The molecule has 1 unspecified atom stereocenters. The van der Waals surface area contributed by atoms with Crippen molar-refractivity contribution in [2.45, 2.75) is 24.6 Å². The third-order valence-electron chi connectivity index (χ3n) is 2.06. The summed E-state index contributed by atoms with van der Waals surface area (Å²) < 4.78 is 5.18. The first kappa shape index (κ1) is 12.3. The highest BCUT2D eigenvalue weighted by Crippen LogP contribution is 2.20. The van der Waals surface area contributed by atoms with Gasteiger partial charge in [0.1, 0.15) is 6.04 Å². The van der Waals surface area contributed by atoms with Crippen molar-refractivity contribution in [2.24, 2.45) is 0 Å². The molecule has 0 radical (unpaired) electrons. The standard InChI is InChI=1S/C9H15NO4S/c1-6(11)10-8(9(12)13)5-15-7-2-3-14-4-7/h7-8H,2-5H2,1H3,(H,10,11)(H,12,13)/t7?,8-/m0/s1. The number of thioether (sulfide) groups is 1. The van der Waals surface area contributed by atoms with Gasteiger partial charge in [-0.15, -0.1) is 0 Å². The van der Waals surface area contributed by atoms with E-state index in [2.05, 4.69) is 5.32 Å². The van der Waals surface area contributed by atoms with Crippen molar-refractivity contribution < 1.29 is 19.4 Å². The third kappa shape index (κ3) is 4.53. The van der Waals surface area contributed by atoms with E-state index in [4.69, 9.17) is 9.84 Å². The van der Waals surface area contributed by atoms with E-state index < -0.39 is 12.0 Å². The molecule has 1 saturated heterocycles. The number of nitrogens with one attached hydrogen (secondary N) is 1. The van der Waals surface area contributed by atoms with E-state index in [1.54, 1.807) is 11.8 Å². The van der Waals surface area contributed by atoms with Crippen LogP contribution in [0.3, 0.4) is 0 Å². The molecule has 0 aromatic carbocycles. The van der Waals surface area contributed by atoms with Gasteiger partial charge in [0.05, 0.1) is 6.61 Å². The third-order valence-corrected chi connectivity index (χ3v) is 3.43. The Hall–Kier alpha value is -0.750. The lowest BCUT2D eigenvalue weighted by molar-refractivity contribution is -0.140. The average Bonchev–Trinajstić information content (AvgIpc) is 2.63. The summed E-state index contributed by atoms with van der Waals surface area (Å²) in [5, 5.41) is 11.6. The van der Waals surface area contributed by atoms with Gasteiger partial charge in [-0.25, -0.2) is 4.79 Å². The molecular formula is C9H15NO4S. The van der Waals surface area contributed by atoms with Gasteiger partial charge in [-0.05, 0) is 6.42 Å². The summed E-state index contributed by atoms with van der Waals surface area (Å²) in [5.74, 6) is -0.912. The average molecular weight is 233 g/mol. The van der Waals surface area contributed by atoms with Crippen LogP contribution in [0, 0.1) is 0 Å². The van der Waals surface area contributed by atoms with Gasteiger partial charge in [0, 0.05) is 24.5 Å². The minimum absolute atomic E-state index is 0.314. The van der Waals surface area contributed by atoms with Crippen LogP contribution in [0.5, 0.6) is 0 Å². The molecule has 0 aromatic rings. The second-order valence-corrected chi connectivity index (χ2v) is 4.74. The maximum atomic E-state index is 10.8. The van der Waals surface area contributed by atoms with E-state index in [-0.39, 0.29) is 5.91 Å². The molecule has 1 aliphatic heterocycles. The van der Waals surface area contributed by atoms with Crippen molar-refractivity contribution in [1.82, 2.24) is 5.32 Å². The predicted octanol–water partition coefficient (Wildman–Crippen LogP) is 0.0978. The molecule has 6 heteroatoms. The lowest BCUT2D eigenvalue weighted by Crippen LogP contribution is -2.41. The molecule has 2 atom stereocenters.